The largest absolute Gasteiger partial charge is 0.388 e. The number of aromatic nitrogens is 4. The number of nitrogens with one attached hydrogen (secondary N) is 1. The summed E-state index contributed by atoms with van der Waals surface area (Å²) in [5.41, 5.74) is 1.19. The molecule has 1 unspecified atom stereocenters. The van der Waals surface area contributed by atoms with Crippen LogP contribution in [0.3, 0.4) is 0 Å². The highest BCUT2D eigenvalue weighted by Gasteiger charge is 2.44. The van der Waals surface area contributed by atoms with E-state index in [1.54, 1.807) is 10.9 Å². The van der Waals surface area contributed by atoms with Crippen molar-refractivity contribution in [1.29, 1.82) is 0 Å². The molecule has 0 bridgehead atoms. The molecule has 8 nitrogen and oxygen atoms in total. The Labute approximate surface area is 153 Å². The summed E-state index contributed by atoms with van der Waals surface area (Å²) in [4.78, 5) is 12.9. The van der Waals surface area contributed by atoms with Crippen molar-refractivity contribution in [1.82, 2.24) is 19.5 Å². The number of imidazole rings is 1. The molecule has 0 saturated carbocycles. The lowest BCUT2D eigenvalue weighted by Crippen LogP contribution is -2.31. The van der Waals surface area contributed by atoms with E-state index in [2.05, 4.69) is 46.8 Å². The summed E-state index contributed by atoms with van der Waals surface area (Å²) < 4.78 is 7.66. The van der Waals surface area contributed by atoms with Gasteiger partial charge in [-0.15, -0.1) is 13.2 Å². The molecule has 0 amide bonds. The van der Waals surface area contributed by atoms with Gasteiger partial charge in [0.1, 0.15) is 18.5 Å². The van der Waals surface area contributed by atoms with E-state index in [4.69, 9.17) is 4.74 Å². The van der Waals surface area contributed by atoms with Gasteiger partial charge in [0.15, 0.2) is 23.2 Å². The van der Waals surface area contributed by atoms with Gasteiger partial charge in [0.2, 0.25) is 0 Å². The summed E-state index contributed by atoms with van der Waals surface area (Å²) >= 11 is 0. The molecule has 1 aliphatic heterocycles. The molecule has 3 N–H and O–H groups in total. The second-order valence-corrected chi connectivity index (χ2v) is 11.8. The molecule has 9 heteroatoms. The Morgan fingerprint density at radius 3 is 2.73 bits per heavy atom. The van der Waals surface area contributed by atoms with Crippen LogP contribution in [0.25, 0.3) is 11.2 Å². The molecule has 0 spiro atoms. The summed E-state index contributed by atoms with van der Waals surface area (Å²) in [7, 11) is 0. The van der Waals surface area contributed by atoms with Crippen molar-refractivity contribution in [2.24, 2.45) is 0 Å². The fourth-order valence-electron chi connectivity index (χ4n) is 3.09. The lowest BCUT2D eigenvalue weighted by atomic mass is 10.1. The predicted octanol–water partition coefficient (Wildman–Crippen LogP) is 1.37. The van der Waals surface area contributed by atoms with E-state index in [0.29, 0.717) is 23.4 Å². The van der Waals surface area contributed by atoms with E-state index in [1.165, 1.54) is 6.33 Å². The Bertz CT molecular complexity index is 805. The van der Waals surface area contributed by atoms with E-state index in [0.717, 1.165) is 19.1 Å². The number of rotatable bonds is 7. The lowest BCUT2D eigenvalue weighted by Gasteiger charge is -2.18. The van der Waals surface area contributed by atoms with Gasteiger partial charge in [0, 0.05) is 6.54 Å². The van der Waals surface area contributed by atoms with E-state index in [1.807, 2.05) is 0 Å². The monoisotopic (exact) mass is 381 g/mol. The quantitative estimate of drug-likeness (QED) is 0.622. The van der Waals surface area contributed by atoms with Gasteiger partial charge in [-0.25, -0.2) is 15.0 Å². The molecule has 2 aromatic rings. The number of hydrogen-bond acceptors (Lipinski definition) is 7. The maximum absolute atomic E-state index is 10.5. The summed E-state index contributed by atoms with van der Waals surface area (Å²) in [6, 6.07) is 0. The van der Waals surface area contributed by atoms with Gasteiger partial charge >= 0.3 is 0 Å². The number of aliphatic hydroxyl groups excluding tert-OH is 2. The minimum atomic E-state index is -1.22. The zero-order valence-corrected chi connectivity index (χ0v) is 16.4. The first-order chi connectivity index (χ1) is 12.3. The van der Waals surface area contributed by atoms with Crippen LogP contribution in [-0.2, 0) is 4.74 Å². The standard InChI is InChI=1S/C17H28N5O3P/c1-5-7-18-15-12-16(20-9-19-15)22(10-21-12)17-14(24)13(23)11(25-17)6-8-26(2,3)4/h9-11,13-14,17,23-24H,2,5-8H2,1,3-4H3,(H,18,19,20)/t11-,13-,14-,17?/m1/s1. The zero-order chi connectivity index (χ0) is 18.9. The second kappa shape index (κ2) is 7.64. The van der Waals surface area contributed by atoms with E-state index < -0.39 is 31.4 Å². The molecule has 0 aliphatic carbocycles. The number of fused-ring (bicyclic) bond motifs is 1. The summed E-state index contributed by atoms with van der Waals surface area (Å²) in [5, 5.41) is 24.1. The van der Waals surface area contributed by atoms with Crippen molar-refractivity contribution in [2.75, 3.05) is 31.4 Å². The van der Waals surface area contributed by atoms with Crippen LogP contribution in [0.1, 0.15) is 26.0 Å². The number of aliphatic hydroxyl groups is 2. The van der Waals surface area contributed by atoms with E-state index in [9.17, 15) is 10.2 Å². The zero-order valence-electron chi connectivity index (χ0n) is 15.5. The first kappa shape index (κ1) is 19.3. The molecule has 1 saturated heterocycles. The topological polar surface area (TPSA) is 105 Å². The van der Waals surface area contributed by atoms with Crippen LogP contribution in [0, 0.1) is 0 Å². The highest BCUT2D eigenvalue weighted by atomic mass is 31.2. The maximum atomic E-state index is 10.5. The van der Waals surface area contributed by atoms with Crippen molar-refractivity contribution in [2.45, 2.75) is 44.3 Å². The SMILES string of the molecule is C=P(C)(C)CC[C@H]1OC(n2cnc3c(NCCC)ncnc32)[C@H](O)[C@@H]1O. The Kier molecular flexibility index (Phi) is 5.67. The third-order valence-electron chi connectivity index (χ3n) is 4.53. The molecule has 144 valence electrons. The van der Waals surface area contributed by atoms with Gasteiger partial charge in [-0.3, -0.25) is 4.57 Å². The average molecular weight is 381 g/mol. The van der Waals surface area contributed by atoms with Crippen molar-refractivity contribution in [3.8, 4) is 0 Å². The van der Waals surface area contributed by atoms with Crippen LogP contribution in [-0.4, -0.2) is 80.4 Å². The molecule has 3 rings (SSSR count). The molecule has 0 radical (unpaired) electrons. The molecule has 1 aliphatic rings. The normalized spacial score (nSPS) is 26.5. The molecule has 0 aromatic carbocycles. The Hall–Kier alpha value is -1.47. The number of anilines is 1. The van der Waals surface area contributed by atoms with Gasteiger partial charge in [-0.05, 0) is 32.3 Å². The van der Waals surface area contributed by atoms with Gasteiger partial charge in [-0.1, -0.05) is 6.92 Å². The van der Waals surface area contributed by atoms with Crippen LogP contribution in [0.15, 0.2) is 12.7 Å². The fourth-order valence-corrected chi connectivity index (χ4v) is 4.04. The second-order valence-electron chi connectivity index (χ2n) is 7.47. The van der Waals surface area contributed by atoms with Crippen molar-refractivity contribution >= 4 is 30.2 Å². The minimum Gasteiger partial charge on any atom is -0.388 e. The minimum absolute atomic E-state index is 0.423. The Morgan fingerprint density at radius 2 is 2.04 bits per heavy atom. The van der Waals surface area contributed by atoms with Crippen LogP contribution in [0.2, 0.25) is 0 Å². The van der Waals surface area contributed by atoms with Crippen LogP contribution < -0.4 is 5.32 Å². The molecule has 1 fully saturated rings. The van der Waals surface area contributed by atoms with E-state index in [-0.39, 0.29) is 0 Å². The number of hydrogen-bond donors (Lipinski definition) is 3. The van der Waals surface area contributed by atoms with Gasteiger partial charge in [0.25, 0.3) is 0 Å². The Morgan fingerprint density at radius 1 is 1.27 bits per heavy atom. The lowest BCUT2D eigenvalue weighted by molar-refractivity contribution is -0.0353. The fraction of sp³-hybridized carbons (Fsp3) is 0.647. The van der Waals surface area contributed by atoms with Crippen LogP contribution in [0.5, 0.6) is 0 Å². The Balaban J connectivity index is 1.83. The summed E-state index contributed by atoms with van der Waals surface area (Å²) in [6.07, 6.45) is 6.65. The van der Waals surface area contributed by atoms with E-state index >= 15 is 0 Å². The van der Waals surface area contributed by atoms with Gasteiger partial charge in [-0.2, -0.15) is 0 Å². The van der Waals surface area contributed by atoms with Crippen molar-refractivity contribution in [3.63, 3.8) is 0 Å². The molecular weight excluding hydrogens is 353 g/mol. The number of ether oxygens (including phenoxy) is 1. The summed E-state index contributed by atoms with van der Waals surface area (Å²) in [6.45, 7) is 5.93. The third-order valence-corrected chi connectivity index (χ3v) is 6.00. The first-order valence-corrected chi connectivity index (χ1v) is 12.0. The maximum Gasteiger partial charge on any atom is 0.167 e. The van der Waals surface area contributed by atoms with Crippen LogP contribution in [0.4, 0.5) is 5.82 Å². The molecule has 2 aromatic heterocycles. The highest BCUT2D eigenvalue weighted by Crippen LogP contribution is 2.40. The molecule has 26 heavy (non-hydrogen) atoms. The van der Waals surface area contributed by atoms with Gasteiger partial charge in [0.05, 0.1) is 12.4 Å². The molecule has 4 atom stereocenters. The average Bonchev–Trinajstić information content (AvgIpc) is 3.13. The first-order valence-electron chi connectivity index (χ1n) is 8.92. The predicted molar refractivity (Wildman–Crippen MR) is 105 cm³/mol. The highest BCUT2D eigenvalue weighted by molar-refractivity contribution is 7.72. The molecular formula is C17H28N5O3P. The summed E-state index contributed by atoms with van der Waals surface area (Å²) in [5.74, 6) is 0.656. The van der Waals surface area contributed by atoms with Crippen LogP contribution >= 0.6 is 6.89 Å². The van der Waals surface area contributed by atoms with Gasteiger partial charge < -0.3 is 20.3 Å². The third kappa shape index (κ3) is 3.93. The van der Waals surface area contributed by atoms with Crippen molar-refractivity contribution in [3.05, 3.63) is 12.7 Å². The molecule has 3 heterocycles. The number of nitrogens with zero attached hydrogens (tertiary/aromatic N) is 4. The van der Waals surface area contributed by atoms with Crippen molar-refractivity contribution < 1.29 is 14.9 Å². The smallest absolute Gasteiger partial charge is 0.167 e.